The summed E-state index contributed by atoms with van der Waals surface area (Å²) in [6.45, 7) is 0.479. The summed E-state index contributed by atoms with van der Waals surface area (Å²) in [5.74, 6) is -1.74. The van der Waals surface area contributed by atoms with E-state index in [0.717, 1.165) is 25.7 Å². The summed E-state index contributed by atoms with van der Waals surface area (Å²) in [4.78, 5) is 37.7. The van der Waals surface area contributed by atoms with E-state index < -0.39 is 5.97 Å². The number of amides is 2. The predicted octanol–water partition coefficient (Wildman–Crippen LogP) is 2.86. The average molecular weight is 356 g/mol. The maximum atomic E-state index is 12.6. The van der Waals surface area contributed by atoms with Gasteiger partial charge in [0.05, 0.1) is 5.92 Å². The molecule has 7 heteroatoms. The first-order valence-corrected chi connectivity index (χ1v) is 8.88. The van der Waals surface area contributed by atoms with E-state index in [2.05, 4.69) is 5.32 Å². The Morgan fingerprint density at radius 3 is 2.69 bits per heavy atom. The topological polar surface area (TPSA) is 99.8 Å². The van der Waals surface area contributed by atoms with Gasteiger partial charge in [0.25, 0.3) is 0 Å². The molecular formula is C19H20N2O5. The van der Waals surface area contributed by atoms with Crippen molar-refractivity contribution in [1.29, 1.82) is 0 Å². The number of carboxylic acids is 1. The minimum absolute atomic E-state index is 0.0634. The highest BCUT2D eigenvalue weighted by Crippen LogP contribution is 2.30. The summed E-state index contributed by atoms with van der Waals surface area (Å²) in [5, 5.41) is 12.4. The van der Waals surface area contributed by atoms with Crippen LogP contribution < -0.4 is 5.32 Å². The van der Waals surface area contributed by atoms with E-state index in [1.807, 2.05) is 4.90 Å². The third kappa shape index (κ3) is 3.05. The van der Waals surface area contributed by atoms with E-state index >= 15 is 0 Å². The Morgan fingerprint density at radius 1 is 1.19 bits per heavy atom. The highest BCUT2D eigenvalue weighted by Gasteiger charge is 2.38. The second kappa shape index (κ2) is 6.48. The van der Waals surface area contributed by atoms with Crippen molar-refractivity contribution in [3.05, 3.63) is 30.0 Å². The Hall–Kier alpha value is -2.83. The van der Waals surface area contributed by atoms with Gasteiger partial charge in [-0.3, -0.25) is 9.59 Å². The molecule has 1 unspecified atom stereocenters. The number of furan rings is 1. The van der Waals surface area contributed by atoms with Gasteiger partial charge in [-0.1, -0.05) is 12.8 Å². The molecule has 1 aromatic heterocycles. The minimum atomic E-state index is -1.14. The molecule has 2 N–H and O–H groups in total. The molecule has 1 saturated carbocycles. The van der Waals surface area contributed by atoms with Gasteiger partial charge in [-0.25, -0.2) is 4.79 Å². The number of carbonyl (C=O) groups excluding carboxylic acids is 2. The first kappa shape index (κ1) is 16.6. The molecule has 1 aromatic carbocycles. The lowest BCUT2D eigenvalue weighted by Gasteiger charge is -2.23. The van der Waals surface area contributed by atoms with Crippen LogP contribution in [0.15, 0.2) is 28.7 Å². The predicted molar refractivity (Wildman–Crippen MR) is 93.9 cm³/mol. The van der Waals surface area contributed by atoms with Crippen molar-refractivity contribution in [3.8, 4) is 0 Å². The fourth-order valence-electron chi connectivity index (χ4n) is 3.95. The molecule has 1 saturated heterocycles. The maximum absolute atomic E-state index is 12.6. The van der Waals surface area contributed by atoms with Crippen LogP contribution in [0.5, 0.6) is 0 Å². The molecule has 2 aromatic rings. The molecule has 4 rings (SSSR count). The van der Waals surface area contributed by atoms with E-state index in [1.165, 1.54) is 6.07 Å². The van der Waals surface area contributed by atoms with Crippen molar-refractivity contribution >= 4 is 34.4 Å². The number of hydrogen-bond acceptors (Lipinski definition) is 4. The quantitative estimate of drug-likeness (QED) is 0.877. The molecule has 7 nitrogen and oxygen atoms in total. The van der Waals surface area contributed by atoms with Crippen molar-refractivity contribution in [3.63, 3.8) is 0 Å². The number of benzene rings is 1. The number of likely N-dealkylation sites (tertiary alicyclic amines) is 1. The zero-order chi connectivity index (χ0) is 18.3. The molecule has 2 amide bonds. The van der Waals surface area contributed by atoms with Crippen LogP contribution in [0.1, 0.15) is 42.7 Å². The molecular weight excluding hydrogens is 336 g/mol. The number of aromatic carboxylic acids is 1. The van der Waals surface area contributed by atoms with Crippen LogP contribution in [-0.4, -0.2) is 40.4 Å². The molecule has 2 aliphatic rings. The zero-order valence-electron chi connectivity index (χ0n) is 14.2. The highest BCUT2D eigenvalue weighted by molar-refractivity contribution is 5.99. The van der Waals surface area contributed by atoms with Crippen LogP contribution in [0.3, 0.4) is 0 Å². The molecule has 0 spiro atoms. The van der Waals surface area contributed by atoms with Crippen LogP contribution in [0, 0.1) is 5.92 Å². The molecule has 2 fully saturated rings. The van der Waals surface area contributed by atoms with Gasteiger partial charge in [0.2, 0.25) is 17.6 Å². The Kier molecular flexibility index (Phi) is 4.14. The molecule has 136 valence electrons. The molecule has 1 aliphatic heterocycles. The van der Waals surface area contributed by atoms with Crippen molar-refractivity contribution in [1.82, 2.24) is 4.90 Å². The van der Waals surface area contributed by atoms with Gasteiger partial charge in [0, 0.05) is 30.1 Å². The summed E-state index contributed by atoms with van der Waals surface area (Å²) < 4.78 is 5.21. The van der Waals surface area contributed by atoms with Gasteiger partial charge < -0.3 is 19.7 Å². The van der Waals surface area contributed by atoms with E-state index in [4.69, 9.17) is 9.52 Å². The average Bonchev–Trinajstić information content (AvgIpc) is 3.32. The minimum Gasteiger partial charge on any atom is -0.475 e. The Balaban J connectivity index is 1.45. The largest absolute Gasteiger partial charge is 0.475 e. The molecule has 2 heterocycles. The van der Waals surface area contributed by atoms with Crippen molar-refractivity contribution in [2.75, 3.05) is 11.9 Å². The number of fused-ring (bicyclic) bond motifs is 1. The van der Waals surface area contributed by atoms with Crippen molar-refractivity contribution in [2.24, 2.45) is 5.92 Å². The third-order valence-corrected chi connectivity index (χ3v) is 5.29. The normalized spacial score (nSPS) is 20.8. The monoisotopic (exact) mass is 356 g/mol. The Bertz CT molecular complexity index is 881. The number of carboxylic acid groups (broad SMARTS) is 1. The molecule has 1 atom stereocenters. The van der Waals surface area contributed by atoms with E-state index in [0.29, 0.717) is 23.2 Å². The van der Waals surface area contributed by atoms with Crippen LogP contribution in [0.4, 0.5) is 5.69 Å². The maximum Gasteiger partial charge on any atom is 0.371 e. The molecule has 0 radical (unpaired) electrons. The summed E-state index contributed by atoms with van der Waals surface area (Å²) in [6, 6.07) is 6.68. The number of anilines is 1. The lowest BCUT2D eigenvalue weighted by molar-refractivity contribution is -0.129. The first-order chi connectivity index (χ1) is 12.5. The first-order valence-electron chi connectivity index (χ1n) is 8.88. The van der Waals surface area contributed by atoms with Gasteiger partial charge in [0.15, 0.2) is 0 Å². The smallest absolute Gasteiger partial charge is 0.371 e. The number of hydrogen-bond donors (Lipinski definition) is 2. The summed E-state index contributed by atoms with van der Waals surface area (Å²) in [6.07, 6.45) is 4.61. The second-order valence-corrected chi connectivity index (χ2v) is 7.04. The lowest BCUT2D eigenvalue weighted by Crippen LogP contribution is -2.35. The highest BCUT2D eigenvalue weighted by atomic mass is 16.4. The summed E-state index contributed by atoms with van der Waals surface area (Å²) in [5.41, 5.74) is 1.01. The second-order valence-electron chi connectivity index (χ2n) is 7.04. The van der Waals surface area contributed by atoms with Crippen molar-refractivity contribution < 1.29 is 23.9 Å². The number of rotatable bonds is 4. The van der Waals surface area contributed by atoms with Crippen LogP contribution in [0.2, 0.25) is 0 Å². The number of nitrogens with one attached hydrogen (secondary N) is 1. The van der Waals surface area contributed by atoms with Crippen LogP contribution >= 0.6 is 0 Å². The van der Waals surface area contributed by atoms with Crippen molar-refractivity contribution in [2.45, 2.75) is 38.1 Å². The molecule has 1 aliphatic carbocycles. The van der Waals surface area contributed by atoms with Gasteiger partial charge in [-0.15, -0.1) is 0 Å². The van der Waals surface area contributed by atoms with Crippen LogP contribution in [-0.2, 0) is 9.59 Å². The van der Waals surface area contributed by atoms with E-state index in [9.17, 15) is 14.4 Å². The van der Waals surface area contributed by atoms with Gasteiger partial charge in [-0.2, -0.15) is 0 Å². The summed E-state index contributed by atoms with van der Waals surface area (Å²) >= 11 is 0. The van der Waals surface area contributed by atoms with Gasteiger partial charge >= 0.3 is 5.97 Å². The molecule has 0 bridgehead atoms. The number of nitrogens with zero attached hydrogens (tertiary/aromatic N) is 1. The fraction of sp³-hybridized carbons (Fsp3) is 0.421. The number of carbonyl (C=O) groups is 3. The fourth-order valence-corrected chi connectivity index (χ4v) is 3.95. The Labute approximate surface area is 149 Å². The zero-order valence-corrected chi connectivity index (χ0v) is 14.2. The van der Waals surface area contributed by atoms with Crippen LogP contribution in [0.25, 0.3) is 11.0 Å². The van der Waals surface area contributed by atoms with Gasteiger partial charge in [-0.05, 0) is 37.1 Å². The molecule has 26 heavy (non-hydrogen) atoms. The van der Waals surface area contributed by atoms with E-state index in [-0.39, 0.29) is 36.0 Å². The lowest BCUT2D eigenvalue weighted by atomic mass is 10.1. The SMILES string of the molecule is O=C(O)c1cc2cc(NC(=O)C3CC(=O)N(C4CCCC4)C3)ccc2o1. The third-order valence-electron chi connectivity index (χ3n) is 5.29. The van der Waals surface area contributed by atoms with E-state index in [1.54, 1.807) is 18.2 Å². The summed E-state index contributed by atoms with van der Waals surface area (Å²) in [7, 11) is 0. The Morgan fingerprint density at radius 2 is 1.96 bits per heavy atom. The van der Waals surface area contributed by atoms with Gasteiger partial charge in [0.1, 0.15) is 5.58 Å². The standard InChI is InChI=1S/C19H20N2O5/c22-17-9-12(10-21(17)14-3-1-2-4-14)18(23)20-13-5-6-15-11(7-13)8-16(26-15)19(24)25/h5-8,12,14H,1-4,9-10H2,(H,20,23)(H,24,25).